The van der Waals surface area contributed by atoms with Crippen LogP contribution in [0.4, 0.5) is 0 Å². The molecule has 4 heteroatoms. The van der Waals surface area contributed by atoms with Gasteiger partial charge in [0.15, 0.2) is 0 Å². The maximum Gasteiger partial charge on any atom is 0.101 e. The highest BCUT2D eigenvalue weighted by Gasteiger charge is 2.40. The van der Waals surface area contributed by atoms with Crippen molar-refractivity contribution in [3.63, 3.8) is 0 Å². The monoisotopic (exact) mass is 209 g/mol. The SMILES string of the molecule is OC[C@H]1N[C@H](c2ccccc2)[C@@H](O)[C@@H]1O. The number of benzene rings is 1. The zero-order valence-electron chi connectivity index (χ0n) is 8.24. The molecule has 0 amide bonds. The lowest BCUT2D eigenvalue weighted by Crippen LogP contribution is -2.35. The normalized spacial score (nSPS) is 35.7. The van der Waals surface area contributed by atoms with E-state index in [1.807, 2.05) is 30.3 Å². The van der Waals surface area contributed by atoms with Crippen molar-refractivity contribution in [2.75, 3.05) is 6.61 Å². The van der Waals surface area contributed by atoms with Crippen LogP contribution in [0.25, 0.3) is 0 Å². The number of hydrogen-bond donors (Lipinski definition) is 4. The summed E-state index contributed by atoms with van der Waals surface area (Å²) >= 11 is 0. The van der Waals surface area contributed by atoms with Crippen molar-refractivity contribution >= 4 is 0 Å². The minimum absolute atomic E-state index is 0.179. The molecule has 1 saturated heterocycles. The fourth-order valence-electron chi connectivity index (χ4n) is 1.98. The zero-order chi connectivity index (χ0) is 10.8. The smallest absolute Gasteiger partial charge is 0.101 e. The van der Waals surface area contributed by atoms with Gasteiger partial charge >= 0.3 is 0 Å². The Bertz CT molecular complexity index is 317. The number of nitrogens with one attached hydrogen (secondary N) is 1. The van der Waals surface area contributed by atoms with Crippen LogP contribution in [0.1, 0.15) is 11.6 Å². The molecule has 1 heterocycles. The standard InChI is InChI=1S/C11H15NO3/c13-6-8-10(14)11(15)9(12-8)7-4-2-1-3-5-7/h1-5,8-15H,6H2/t8-,9-,10-,11-/m1/s1. The van der Waals surface area contributed by atoms with Gasteiger partial charge in [-0.1, -0.05) is 30.3 Å². The number of aliphatic hydroxyl groups is 3. The molecule has 4 nitrogen and oxygen atoms in total. The molecule has 2 rings (SSSR count). The summed E-state index contributed by atoms with van der Waals surface area (Å²) in [7, 11) is 0. The quantitative estimate of drug-likeness (QED) is 0.525. The third-order valence-corrected chi connectivity index (χ3v) is 2.85. The van der Waals surface area contributed by atoms with Gasteiger partial charge in [0.25, 0.3) is 0 Å². The Labute approximate surface area is 88.2 Å². The van der Waals surface area contributed by atoms with Crippen LogP contribution in [0.15, 0.2) is 30.3 Å². The topological polar surface area (TPSA) is 72.7 Å². The second-order valence-corrected chi connectivity index (χ2v) is 3.83. The van der Waals surface area contributed by atoms with Crippen LogP contribution in [-0.4, -0.2) is 40.2 Å². The van der Waals surface area contributed by atoms with E-state index < -0.39 is 18.2 Å². The van der Waals surface area contributed by atoms with Crippen LogP contribution in [0.5, 0.6) is 0 Å². The summed E-state index contributed by atoms with van der Waals surface area (Å²) in [5.74, 6) is 0. The first-order valence-corrected chi connectivity index (χ1v) is 5.02. The molecule has 0 bridgehead atoms. The van der Waals surface area contributed by atoms with Gasteiger partial charge < -0.3 is 20.6 Å². The van der Waals surface area contributed by atoms with E-state index in [0.29, 0.717) is 0 Å². The highest BCUT2D eigenvalue weighted by molar-refractivity contribution is 5.23. The molecule has 1 fully saturated rings. The van der Waals surface area contributed by atoms with Gasteiger partial charge in [-0.2, -0.15) is 0 Å². The molecule has 0 spiro atoms. The van der Waals surface area contributed by atoms with Crippen molar-refractivity contribution in [2.24, 2.45) is 0 Å². The molecule has 1 aliphatic rings. The van der Waals surface area contributed by atoms with Crippen LogP contribution in [0.2, 0.25) is 0 Å². The number of aliphatic hydroxyl groups excluding tert-OH is 3. The van der Waals surface area contributed by atoms with E-state index in [0.717, 1.165) is 5.56 Å². The largest absolute Gasteiger partial charge is 0.395 e. The fraction of sp³-hybridized carbons (Fsp3) is 0.455. The Morgan fingerprint density at radius 1 is 1.07 bits per heavy atom. The average molecular weight is 209 g/mol. The lowest BCUT2D eigenvalue weighted by molar-refractivity contribution is 0.0194. The van der Waals surface area contributed by atoms with Crippen LogP contribution in [-0.2, 0) is 0 Å². The third-order valence-electron chi connectivity index (χ3n) is 2.85. The van der Waals surface area contributed by atoms with E-state index in [1.165, 1.54) is 0 Å². The summed E-state index contributed by atoms with van der Waals surface area (Å²) in [5.41, 5.74) is 0.917. The van der Waals surface area contributed by atoms with E-state index in [1.54, 1.807) is 0 Å². The summed E-state index contributed by atoms with van der Waals surface area (Å²) in [6.07, 6.45) is -1.79. The minimum Gasteiger partial charge on any atom is -0.395 e. The first-order chi connectivity index (χ1) is 7.24. The maximum atomic E-state index is 9.79. The highest BCUT2D eigenvalue weighted by atomic mass is 16.3. The predicted molar refractivity (Wildman–Crippen MR) is 55.2 cm³/mol. The number of hydrogen-bond acceptors (Lipinski definition) is 4. The lowest BCUT2D eigenvalue weighted by atomic mass is 10.0. The Morgan fingerprint density at radius 3 is 2.27 bits per heavy atom. The van der Waals surface area contributed by atoms with Gasteiger partial charge in [-0.15, -0.1) is 0 Å². The molecule has 0 unspecified atom stereocenters. The van der Waals surface area contributed by atoms with Crippen molar-refractivity contribution in [3.8, 4) is 0 Å². The van der Waals surface area contributed by atoms with Gasteiger partial charge in [-0.3, -0.25) is 0 Å². The molecule has 1 aliphatic heterocycles. The van der Waals surface area contributed by atoms with Gasteiger partial charge in [-0.25, -0.2) is 0 Å². The summed E-state index contributed by atoms with van der Waals surface area (Å²) in [4.78, 5) is 0. The van der Waals surface area contributed by atoms with Gasteiger partial charge in [0.2, 0.25) is 0 Å². The molecule has 0 radical (unpaired) electrons. The number of rotatable bonds is 2. The molecule has 82 valence electrons. The molecule has 15 heavy (non-hydrogen) atoms. The van der Waals surface area contributed by atoms with Crippen molar-refractivity contribution < 1.29 is 15.3 Å². The Morgan fingerprint density at radius 2 is 1.73 bits per heavy atom. The van der Waals surface area contributed by atoms with Crippen molar-refractivity contribution in [2.45, 2.75) is 24.3 Å². The summed E-state index contributed by atoms with van der Waals surface area (Å²) in [6.45, 7) is -0.179. The first-order valence-electron chi connectivity index (χ1n) is 5.02. The Hall–Kier alpha value is -0.940. The molecular weight excluding hydrogens is 194 g/mol. The van der Waals surface area contributed by atoms with E-state index in [-0.39, 0.29) is 12.6 Å². The maximum absolute atomic E-state index is 9.79. The first kappa shape index (κ1) is 10.6. The van der Waals surface area contributed by atoms with Gasteiger partial charge in [-0.05, 0) is 5.56 Å². The fourth-order valence-corrected chi connectivity index (χ4v) is 1.98. The second kappa shape index (κ2) is 4.28. The van der Waals surface area contributed by atoms with Crippen LogP contribution in [0.3, 0.4) is 0 Å². The Balaban J connectivity index is 2.19. The van der Waals surface area contributed by atoms with E-state index >= 15 is 0 Å². The zero-order valence-corrected chi connectivity index (χ0v) is 8.24. The van der Waals surface area contributed by atoms with E-state index in [9.17, 15) is 10.2 Å². The predicted octanol–water partition coefficient (Wildman–Crippen LogP) is -0.586. The lowest BCUT2D eigenvalue weighted by Gasteiger charge is -2.15. The van der Waals surface area contributed by atoms with Crippen LogP contribution >= 0.6 is 0 Å². The third kappa shape index (κ3) is 1.89. The molecular formula is C11H15NO3. The molecule has 4 N–H and O–H groups in total. The molecule has 4 atom stereocenters. The van der Waals surface area contributed by atoms with Crippen LogP contribution < -0.4 is 5.32 Å². The summed E-state index contributed by atoms with van der Waals surface area (Å²) in [5, 5.41) is 31.4. The van der Waals surface area contributed by atoms with Gasteiger partial charge in [0.1, 0.15) is 6.10 Å². The average Bonchev–Trinajstić information content (AvgIpc) is 2.57. The van der Waals surface area contributed by atoms with Crippen LogP contribution in [0, 0.1) is 0 Å². The molecule has 1 aromatic rings. The van der Waals surface area contributed by atoms with Crippen molar-refractivity contribution in [1.29, 1.82) is 0 Å². The van der Waals surface area contributed by atoms with E-state index in [4.69, 9.17) is 5.11 Å². The Kier molecular flexibility index (Phi) is 3.02. The van der Waals surface area contributed by atoms with E-state index in [2.05, 4.69) is 5.32 Å². The molecule has 0 aromatic heterocycles. The van der Waals surface area contributed by atoms with Gasteiger partial charge in [0, 0.05) is 0 Å². The van der Waals surface area contributed by atoms with Crippen molar-refractivity contribution in [3.05, 3.63) is 35.9 Å². The second-order valence-electron chi connectivity index (χ2n) is 3.83. The van der Waals surface area contributed by atoms with Crippen molar-refractivity contribution in [1.82, 2.24) is 5.32 Å². The summed E-state index contributed by atoms with van der Waals surface area (Å²) < 4.78 is 0. The highest BCUT2D eigenvalue weighted by Crippen LogP contribution is 2.27. The van der Waals surface area contributed by atoms with Gasteiger partial charge in [0.05, 0.1) is 24.8 Å². The molecule has 1 aromatic carbocycles. The molecule has 0 aliphatic carbocycles. The summed E-state index contributed by atoms with van der Waals surface area (Å²) in [6, 6.07) is 8.65. The minimum atomic E-state index is -0.916. The molecule has 0 saturated carbocycles.